The van der Waals surface area contributed by atoms with Crippen molar-refractivity contribution in [1.29, 1.82) is 0 Å². The third kappa shape index (κ3) is 2.15. The normalized spacial score (nSPS) is 16.2. The Morgan fingerprint density at radius 3 is 2.75 bits per heavy atom. The molecule has 4 nitrogen and oxygen atoms in total. The molecule has 12 heavy (non-hydrogen) atoms. The summed E-state index contributed by atoms with van der Waals surface area (Å²) in [6.45, 7) is 3.68. The number of Topliss-reactive ketones (excluding diaryl/α,β-unsaturated/α-hetero) is 1. The van der Waals surface area contributed by atoms with Crippen LogP contribution in [0.3, 0.4) is 0 Å². The van der Waals surface area contributed by atoms with Crippen molar-refractivity contribution in [3.8, 4) is 0 Å². The number of ketones is 1. The van der Waals surface area contributed by atoms with E-state index in [-0.39, 0.29) is 24.0 Å². The Kier molecular flexibility index (Phi) is 2.58. The minimum absolute atomic E-state index is 0.0170. The third-order valence-electron chi connectivity index (χ3n) is 1.73. The number of hydrogen-bond acceptors (Lipinski definition) is 3. The zero-order chi connectivity index (χ0) is 9.14. The van der Waals surface area contributed by atoms with Gasteiger partial charge in [-0.2, -0.15) is 5.10 Å². The van der Waals surface area contributed by atoms with Crippen molar-refractivity contribution in [2.45, 2.75) is 26.7 Å². The highest BCUT2D eigenvalue weighted by atomic mass is 16.2. The first-order valence-electron chi connectivity index (χ1n) is 3.96. The number of hydrazone groups is 1. The maximum absolute atomic E-state index is 11.2. The van der Waals surface area contributed by atoms with Gasteiger partial charge in [0.15, 0.2) is 0 Å². The molecule has 0 fully saturated rings. The molecular weight excluding hydrogens is 156 g/mol. The van der Waals surface area contributed by atoms with Crippen molar-refractivity contribution < 1.29 is 9.59 Å². The van der Waals surface area contributed by atoms with Crippen LogP contribution in [0.1, 0.15) is 26.7 Å². The molecule has 1 rings (SSSR count). The van der Waals surface area contributed by atoms with Crippen molar-refractivity contribution in [3.63, 3.8) is 0 Å². The summed E-state index contributed by atoms with van der Waals surface area (Å²) in [6.07, 6.45) is 0.578. The molecule has 0 aromatic heterocycles. The summed E-state index contributed by atoms with van der Waals surface area (Å²) in [5.41, 5.74) is 2.96. The summed E-state index contributed by atoms with van der Waals surface area (Å²) in [4.78, 5) is 21.9. The van der Waals surface area contributed by atoms with Gasteiger partial charge in [-0.15, -0.1) is 0 Å². The van der Waals surface area contributed by atoms with E-state index in [0.29, 0.717) is 12.1 Å². The fourth-order valence-corrected chi connectivity index (χ4v) is 0.913. The van der Waals surface area contributed by atoms with Crippen molar-refractivity contribution in [3.05, 3.63) is 0 Å². The molecule has 0 radical (unpaired) electrons. The number of hydrogen-bond donors (Lipinski definition) is 1. The predicted molar refractivity (Wildman–Crippen MR) is 44.7 cm³/mol. The second-order valence-electron chi connectivity index (χ2n) is 3.19. The van der Waals surface area contributed by atoms with E-state index in [4.69, 9.17) is 0 Å². The van der Waals surface area contributed by atoms with E-state index in [0.717, 1.165) is 0 Å². The van der Waals surface area contributed by atoms with E-state index in [1.54, 1.807) is 0 Å². The van der Waals surface area contributed by atoms with Gasteiger partial charge in [0, 0.05) is 12.3 Å². The molecule has 0 saturated carbocycles. The molecule has 0 aliphatic carbocycles. The number of carbonyl (C=O) groups is 2. The molecule has 0 bridgehead atoms. The van der Waals surface area contributed by atoms with Gasteiger partial charge in [0.25, 0.3) is 0 Å². The van der Waals surface area contributed by atoms with E-state index in [1.165, 1.54) is 0 Å². The van der Waals surface area contributed by atoms with Gasteiger partial charge in [0.2, 0.25) is 5.91 Å². The van der Waals surface area contributed by atoms with Crippen molar-refractivity contribution in [1.82, 2.24) is 5.43 Å². The van der Waals surface area contributed by atoms with Crippen LogP contribution in [-0.2, 0) is 9.59 Å². The summed E-state index contributed by atoms with van der Waals surface area (Å²) in [5, 5.41) is 3.74. The second kappa shape index (κ2) is 3.47. The first-order valence-corrected chi connectivity index (χ1v) is 3.96. The molecule has 0 saturated heterocycles. The van der Waals surface area contributed by atoms with Crippen molar-refractivity contribution >= 4 is 17.4 Å². The standard InChI is InChI=1S/C8H12N2O2/c1-5(2)7(11)3-6-4-8(12)10-9-6/h5H,3-4H2,1-2H3,(H,10,12). The van der Waals surface area contributed by atoms with Crippen LogP contribution in [-0.4, -0.2) is 17.4 Å². The molecule has 0 atom stereocenters. The molecule has 1 N–H and O–H groups in total. The Bertz CT molecular complexity index is 243. The fourth-order valence-electron chi connectivity index (χ4n) is 0.913. The number of amides is 1. The molecule has 1 amide bonds. The molecule has 1 heterocycles. The second-order valence-corrected chi connectivity index (χ2v) is 3.19. The van der Waals surface area contributed by atoms with Crippen LogP contribution in [0.4, 0.5) is 0 Å². The fraction of sp³-hybridized carbons (Fsp3) is 0.625. The van der Waals surface area contributed by atoms with E-state index >= 15 is 0 Å². The third-order valence-corrected chi connectivity index (χ3v) is 1.73. The molecule has 66 valence electrons. The van der Waals surface area contributed by atoms with E-state index in [9.17, 15) is 9.59 Å². The highest BCUT2D eigenvalue weighted by molar-refractivity contribution is 6.12. The first kappa shape index (κ1) is 8.90. The zero-order valence-corrected chi connectivity index (χ0v) is 7.26. The summed E-state index contributed by atoms with van der Waals surface area (Å²) >= 11 is 0. The van der Waals surface area contributed by atoms with Crippen LogP contribution < -0.4 is 5.43 Å². The van der Waals surface area contributed by atoms with Gasteiger partial charge in [-0.1, -0.05) is 13.8 Å². The van der Waals surface area contributed by atoms with Crippen LogP contribution in [0.25, 0.3) is 0 Å². The lowest BCUT2D eigenvalue weighted by molar-refractivity contribution is -0.120. The van der Waals surface area contributed by atoms with Gasteiger partial charge in [0.05, 0.1) is 12.1 Å². The number of carbonyl (C=O) groups excluding carboxylic acids is 2. The molecule has 1 aliphatic heterocycles. The minimum Gasteiger partial charge on any atom is -0.299 e. The van der Waals surface area contributed by atoms with Crippen LogP contribution in [0.15, 0.2) is 5.10 Å². The van der Waals surface area contributed by atoms with E-state index in [1.807, 2.05) is 13.8 Å². The Morgan fingerprint density at radius 1 is 1.67 bits per heavy atom. The Hall–Kier alpha value is -1.19. The average molecular weight is 168 g/mol. The van der Waals surface area contributed by atoms with Crippen LogP contribution >= 0.6 is 0 Å². The first-order chi connectivity index (χ1) is 5.59. The van der Waals surface area contributed by atoms with Gasteiger partial charge in [-0.3, -0.25) is 9.59 Å². The number of nitrogens with zero attached hydrogens (tertiary/aromatic N) is 1. The Labute approximate surface area is 71.0 Å². The van der Waals surface area contributed by atoms with Gasteiger partial charge < -0.3 is 0 Å². The summed E-state index contributed by atoms with van der Waals surface area (Å²) in [5.74, 6) is 0.0233. The molecule has 4 heteroatoms. The summed E-state index contributed by atoms with van der Waals surface area (Å²) < 4.78 is 0. The van der Waals surface area contributed by atoms with E-state index in [2.05, 4.69) is 10.5 Å². The van der Waals surface area contributed by atoms with E-state index < -0.39 is 0 Å². The SMILES string of the molecule is CC(C)C(=O)CC1=NNC(=O)C1. The smallest absolute Gasteiger partial charge is 0.245 e. The predicted octanol–water partition coefficient (Wildman–Crippen LogP) is 0.477. The van der Waals surface area contributed by atoms with Crippen LogP contribution in [0.2, 0.25) is 0 Å². The molecule has 0 aromatic carbocycles. The van der Waals surface area contributed by atoms with Gasteiger partial charge in [0.1, 0.15) is 5.78 Å². The lowest BCUT2D eigenvalue weighted by atomic mass is 10.0. The Balaban J connectivity index is 2.43. The largest absolute Gasteiger partial charge is 0.299 e. The van der Waals surface area contributed by atoms with Crippen molar-refractivity contribution in [2.75, 3.05) is 0 Å². The maximum atomic E-state index is 11.2. The Morgan fingerprint density at radius 2 is 2.33 bits per heavy atom. The molecule has 0 spiro atoms. The monoisotopic (exact) mass is 168 g/mol. The minimum atomic E-state index is -0.124. The van der Waals surface area contributed by atoms with Crippen LogP contribution in [0.5, 0.6) is 0 Å². The highest BCUT2D eigenvalue weighted by Crippen LogP contribution is 2.05. The molecule has 0 unspecified atom stereocenters. The number of rotatable bonds is 3. The average Bonchev–Trinajstić information content (AvgIpc) is 2.35. The summed E-state index contributed by atoms with van der Waals surface area (Å²) in [7, 11) is 0. The zero-order valence-electron chi connectivity index (χ0n) is 7.26. The molecule has 0 aromatic rings. The quantitative estimate of drug-likeness (QED) is 0.666. The van der Waals surface area contributed by atoms with Crippen molar-refractivity contribution in [2.24, 2.45) is 11.0 Å². The van der Waals surface area contributed by atoms with Crippen LogP contribution in [0, 0.1) is 5.92 Å². The lowest BCUT2D eigenvalue weighted by Crippen LogP contribution is -2.13. The van der Waals surface area contributed by atoms with Gasteiger partial charge in [-0.05, 0) is 0 Å². The highest BCUT2D eigenvalue weighted by Gasteiger charge is 2.18. The lowest BCUT2D eigenvalue weighted by Gasteiger charge is -2.01. The van der Waals surface area contributed by atoms with Gasteiger partial charge in [-0.25, -0.2) is 5.43 Å². The number of nitrogens with one attached hydrogen (secondary N) is 1. The summed E-state index contributed by atoms with van der Waals surface area (Å²) in [6, 6.07) is 0. The molecule has 1 aliphatic rings. The maximum Gasteiger partial charge on any atom is 0.245 e. The topological polar surface area (TPSA) is 58.5 Å². The van der Waals surface area contributed by atoms with Gasteiger partial charge >= 0.3 is 0 Å². The molecular formula is C8H12N2O2.